The van der Waals surface area contributed by atoms with Gasteiger partial charge in [0.25, 0.3) is 11.6 Å². The maximum atomic E-state index is 12.9. The fraction of sp³-hybridized carbons (Fsp3) is 0.143. The number of non-ortho nitro benzene ring substituents is 1. The number of carbonyl (C=O) groups excluding carboxylic acids is 2. The monoisotopic (exact) mass is 410 g/mol. The second kappa shape index (κ2) is 9.11. The van der Waals surface area contributed by atoms with Crippen LogP contribution in [0, 0.1) is 10.1 Å². The van der Waals surface area contributed by atoms with Gasteiger partial charge in [0.15, 0.2) is 0 Å². The molecule has 0 bridgehead atoms. The normalized spacial score (nSPS) is 11.5. The highest BCUT2D eigenvalue weighted by atomic mass is 32.1. The Hall–Kier alpha value is -3.52. The van der Waals surface area contributed by atoms with Gasteiger partial charge in [-0.15, -0.1) is 11.3 Å². The van der Waals surface area contributed by atoms with Crippen LogP contribution in [0.1, 0.15) is 44.1 Å². The first-order valence-electron chi connectivity index (χ1n) is 8.85. The lowest BCUT2D eigenvalue weighted by molar-refractivity contribution is -0.384. The zero-order valence-electron chi connectivity index (χ0n) is 15.5. The molecule has 0 aliphatic carbocycles. The summed E-state index contributed by atoms with van der Waals surface area (Å²) < 4.78 is 4.92. The zero-order chi connectivity index (χ0) is 20.8. The van der Waals surface area contributed by atoms with Crippen LogP contribution in [-0.4, -0.2) is 23.4 Å². The molecule has 0 saturated carbocycles. The van der Waals surface area contributed by atoms with E-state index in [9.17, 15) is 19.7 Å². The summed E-state index contributed by atoms with van der Waals surface area (Å²) in [4.78, 5) is 36.5. The number of amides is 1. The second-order valence-corrected chi connectivity index (χ2v) is 7.06. The molecular weight excluding hydrogens is 392 g/mol. The molecule has 2 aromatic carbocycles. The van der Waals surface area contributed by atoms with E-state index in [1.807, 2.05) is 47.8 Å². The third kappa shape index (κ3) is 4.85. The molecule has 0 fully saturated rings. The van der Waals surface area contributed by atoms with Crippen LogP contribution in [0.15, 0.2) is 66.0 Å². The highest BCUT2D eigenvalue weighted by Gasteiger charge is 2.22. The van der Waals surface area contributed by atoms with Crippen molar-refractivity contribution < 1.29 is 19.2 Å². The van der Waals surface area contributed by atoms with Gasteiger partial charge >= 0.3 is 5.97 Å². The van der Waals surface area contributed by atoms with Crippen LogP contribution in [-0.2, 0) is 4.74 Å². The zero-order valence-corrected chi connectivity index (χ0v) is 16.3. The summed E-state index contributed by atoms with van der Waals surface area (Å²) in [5, 5.41) is 16.1. The molecule has 1 N–H and O–H groups in total. The molecular formula is C21H18N2O5S. The van der Waals surface area contributed by atoms with Crippen LogP contribution in [0.25, 0.3) is 0 Å². The van der Waals surface area contributed by atoms with Crippen molar-refractivity contribution in [1.82, 2.24) is 5.32 Å². The van der Waals surface area contributed by atoms with Crippen molar-refractivity contribution in [3.8, 4) is 0 Å². The van der Waals surface area contributed by atoms with Crippen molar-refractivity contribution in [2.24, 2.45) is 0 Å². The molecule has 0 saturated heterocycles. The minimum absolute atomic E-state index is 0.0136. The smallest absolute Gasteiger partial charge is 0.338 e. The first-order valence-corrected chi connectivity index (χ1v) is 9.73. The molecule has 0 radical (unpaired) electrons. The van der Waals surface area contributed by atoms with Crippen molar-refractivity contribution in [3.05, 3.63) is 97.7 Å². The van der Waals surface area contributed by atoms with Crippen molar-refractivity contribution in [2.75, 3.05) is 6.61 Å². The molecule has 8 heteroatoms. The predicted octanol–water partition coefficient (Wildman–Crippen LogP) is 4.35. The maximum Gasteiger partial charge on any atom is 0.338 e. The number of esters is 1. The van der Waals surface area contributed by atoms with Gasteiger partial charge in [-0.05, 0) is 30.0 Å². The van der Waals surface area contributed by atoms with E-state index >= 15 is 0 Å². The summed E-state index contributed by atoms with van der Waals surface area (Å²) in [6.07, 6.45) is 0. The molecule has 1 unspecified atom stereocenters. The maximum absolute atomic E-state index is 12.9. The number of thiophene rings is 1. The van der Waals surface area contributed by atoms with E-state index in [1.165, 1.54) is 17.4 Å². The van der Waals surface area contributed by atoms with Gasteiger partial charge in [-0.3, -0.25) is 14.9 Å². The van der Waals surface area contributed by atoms with Crippen molar-refractivity contribution >= 4 is 28.9 Å². The summed E-state index contributed by atoms with van der Waals surface area (Å²) in [5.41, 5.74) is 0.491. The van der Waals surface area contributed by atoms with E-state index in [4.69, 9.17) is 4.74 Å². The number of nitrogens with zero attached hydrogens (tertiary/aromatic N) is 1. The quantitative estimate of drug-likeness (QED) is 0.355. The van der Waals surface area contributed by atoms with E-state index < -0.39 is 22.8 Å². The van der Waals surface area contributed by atoms with E-state index in [0.717, 1.165) is 22.6 Å². The average molecular weight is 410 g/mol. The Morgan fingerprint density at radius 3 is 2.45 bits per heavy atom. The van der Waals surface area contributed by atoms with E-state index in [0.29, 0.717) is 0 Å². The largest absolute Gasteiger partial charge is 0.462 e. The number of carbonyl (C=O) groups is 2. The first kappa shape index (κ1) is 20.2. The molecule has 148 valence electrons. The number of rotatable bonds is 7. The number of nitrogens with one attached hydrogen (secondary N) is 1. The molecule has 0 aliphatic rings. The fourth-order valence-electron chi connectivity index (χ4n) is 2.81. The Labute approximate surface area is 171 Å². The molecule has 1 heterocycles. The van der Waals surface area contributed by atoms with Crippen LogP contribution in [0.5, 0.6) is 0 Å². The van der Waals surface area contributed by atoms with E-state index in [2.05, 4.69) is 5.32 Å². The lowest BCUT2D eigenvalue weighted by Crippen LogP contribution is -2.29. The molecule has 7 nitrogen and oxygen atoms in total. The lowest BCUT2D eigenvalue weighted by atomic mass is 10.0. The molecule has 1 amide bonds. The van der Waals surface area contributed by atoms with Gasteiger partial charge in [0.1, 0.15) is 0 Å². The van der Waals surface area contributed by atoms with E-state index in [-0.39, 0.29) is 23.4 Å². The first-order chi connectivity index (χ1) is 14.0. The fourth-order valence-corrected chi connectivity index (χ4v) is 3.62. The van der Waals surface area contributed by atoms with Crippen LogP contribution in [0.3, 0.4) is 0 Å². The molecule has 29 heavy (non-hydrogen) atoms. The number of ether oxygens (including phenoxy) is 1. The third-order valence-electron chi connectivity index (χ3n) is 4.14. The van der Waals surface area contributed by atoms with Gasteiger partial charge in [-0.2, -0.15) is 0 Å². The SMILES string of the molecule is CCOC(=O)c1cc(C(=O)NC(c2ccccc2)c2cccs2)cc([N+](=O)[O-])c1. The minimum Gasteiger partial charge on any atom is -0.462 e. The molecule has 1 atom stereocenters. The molecule has 1 aromatic heterocycles. The number of hydrogen-bond acceptors (Lipinski definition) is 6. The predicted molar refractivity (Wildman–Crippen MR) is 109 cm³/mol. The number of benzene rings is 2. The Kier molecular flexibility index (Phi) is 6.36. The van der Waals surface area contributed by atoms with E-state index in [1.54, 1.807) is 6.92 Å². The Morgan fingerprint density at radius 2 is 1.83 bits per heavy atom. The van der Waals surface area contributed by atoms with Gasteiger partial charge < -0.3 is 10.1 Å². The van der Waals surface area contributed by atoms with Crippen molar-refractivity contribution in [3.63, 3.8) is 0 Å². The van der Waals surface area contributed by atoms with Crippen LogP contribution < -0.4 is 5.32 Å². The van der Waals surface area contributed by atoms with Gasteiger partial charge in [0.05, 0.1) is 23.1 Å². The van der Waals surface area contributed by atoms with Gasteiger partial charge in [-0.25, -0.2) is 4.79 Å². The van der Waals surface area contributed by atoms with Crippen molar-refractivity contribution in [2.45, 2.75) is 13.0 Å². The van der Waals surface area contributed by atoms with Gasteiger partial charge in [-0.1, -0.05) is 36.4 Å². The minimum atomic E-state index is -0.719. The highest BCUT2D eigenvalue weighted by Crippen LogP contribution is 2.27. The van der Waals surface area contributed by atoms with Crippen LogP contribution >= 0.6 is 11.3 Å². The number of nitro benzene ring substituents is 1. The average Bonchev–Trinajstić information content (AvgIpc) is 3.26. The highest BCUT2D eigenvalue weighted by molar-refractivity contribution is 7.10. The topological polar surface area (TPSA) is 98.5 Å². The third-order valence-corrected chi connectivity index (χ3v) is 5.08. The number of nitro groups is 1. The lowest BCUT2D eigenvalue weighted by Gasteiger charge is -2.18. The molecule has 0 spiro atoms. The summed E-state index contributed by atoms with van der Waals surface area (Å²) in [6, 6.07) is 16.3. The Balaban J connectivity index is 1.96. The van der Waals surface area contributed by atoms with Gasteiger partial charge in [0, 0.05) is 22.6 Å². The van der Waals surface area contributed by atoms with Crippen LogP contribution in [0.4, 0.5) is 5.69 Å². The molecule has 3 rings (SSSR count). The Morgan fingerprint density at radius 1 is 1.10 bits per heavy atom. The van der Waals surface area contributed by atoms with Gasteiger partial charge in [0.2, 0.25) is 0 Å². The summed E-state index contributed by atoms with van der Waals surface area (Å²) in [5.74, 6) is -1.25. The summed E-state index contributed by atoms with van der Waals surface area (Å²) >= 11 is 1.49. The standard InChI is InChI=1S/C21H18N2O5S/c1-2-28-21(25)16-11-15(12-17(13-16)23(26)27)20(24)22-19(18-9-6-10-29-18)14-7-4-3-5-8-14/h3-13,19H,2H2,1H3,(H,22,24). The van der Waals surface area contributed by atoms with Crippen LogP contribution in [0.2, 0.25) is 0 Å². The summed E-state index contributed by atoms with van der Waals surface area (Å²) in [6.45, 7) is 1.76. The number of hydrogen-bond donors (Lipinski definition) is 1. The molecule has 0 aliphatic heterocycles. The van der Waals surface area contributed by atoms with Crippen molar-refractivity contribution in [1.29, 1.82) is 0 Å². The second-order valence-electron chi connectivity index (χ2n) is 6.08. The molecule has 3 aromatic rings. The Bertz CT molecular complexity index is 1020. The summed E-state index contributed by atoms with van der Waals surface area (Å²) in [7, 11) is 0.